The van der Waals surface area contributed by atoms with Crippen LogP contribution in [-0.2, 0) is 32.7 Å². The summed E-state index contributed by atoms with van der Waals surface area (Å²) in [4.78, 5) is 38.0. The number of hydrogen-bond donors (Lipinski definition) is 0. The maximum absolute atomic E-state index is 12.8. The minimum atomic E-state index is -4.65. The van der Waals surface area contributed by atoms with E-state index < -0.39 is 32.5 Å². The van der Waals surface area contributed by atoms with Crippen molar-refractivity contribution in [1.29, 1.82) is 0 Å². The molecule has 0 aliphatic rings. The normalized spacial score (nSPS) is 13.9. The minimum absolute atomic E-state index is 0.0362. The van der Waals surface area contributed by atoms with Crippen LogP contribution < -0.4 is 4.89 Å². The third kappa shape index (κ3) is 60.2. The number of carbonyl (C=O) groups is 2. The summed E-state index contributed by atoms with van der Waals surface area (Å²) in [6.45, 7) is 4.12. The van der Waals surface area contributed by atoms with Gasteiger partial charge in [-0.15, -0.1) is 0 Å². The molecular formula is C66H116NO8P. The van der Waals surface area contributed by atoms with Gasteiger partial charge >= 0.3 is 11.9 Å². The second kappa shape index (κ2) is 56.6. The van der Waals surface area contributed by atoms with Gasteiger partial charge in [0.2, 0.25) is 0 Å². The van der Waals surface area contributed by atoms with Crippen LogP contribution in [-0.4, -0.2) is 70.0 Å². The summed E-state index contributed by atoms with van der Waals surface area (Å²) >= 11 is 0. The Morgan fingerprint density at radius 1 is 0.421 bits per heavy atom. The molecule has 0 radical (unpaired) electrons. The van der Waals surface area contributed by atoms with Gasteiger partial charge in [0, 0.05) is 12.8 Å². The van der Waals surface area contributed by atoms with Crippen molar-refractivity contribution in [3.63, 3.8) is 0 Å². The second-order valence-electron chi connectivity index (χ2n) is 21.7. The fraction of sp³-hybridized carbons (Fsp3) is 0.727. The van der Waals surface area contributed by atoms with Gasteiger partial charge in [-0.05, 0) is 96.3 Å². The lowest BCUT2D eigenvalue weighted by atomic mass is 10.0. The van der Waals surface area contributed by atoms with Gasteiger partial charge in [0.15, 0.2) is 6.10 Å². The molecule has 0 spiro atoms. The first kappa shape index (κ1) is 72.9. The molecule has 0 aliphatic carbocycles. The highest BCUT2D eigenvalue weighted by atomic mass is 31.2. The Morgan fingerprint density at radius 3 is 1.12 bits per heavy atom. The van der Waals surface area contributed by atoms with Crippen LogP contribution in [0.25, 0.3) is 0 Å². The van der Waals surface area contributed by atoms with Crippen LogP contribution in [0.5, 0.6) is 0 Å². The first-order valence-electron chi connectivity index (χ1n) is 30.9. The van der Waals surface area contributed by atoms with E-state index in [9.17, 15) is 19.0 Å². The molecule has 0 fully saturated rings. The van der Waals surface area contributed by atoms with Gasteiger partial charge in [-0.3, -0.25) is 14.2 Å². The Kier molecular flexibility index (Phi) is 54.4. The van der Waals surface area contributed by atoms with Gasteiger partial charge in [0.1, 0.15) is 19.8 Å². The van der Waals surface area contributed by atoms with Crippen LogP contribution in [0.1, 0.15) is 258 Å². The monoisotopic (exact) mass is 1080 g/mol. The summed E-state index contributed by atoms with van der Waals surface area (Å²) < 4.78 is 34.2. The van der Waals surface area contributed by atoms with E-state index in [1.165, 1.54) is 128 Å². The number of hydrogen-bond acceptors (Lipinski definition) is 8. The summed E-state index contributed by atoms with van der Waals surface area (Å²) in [6.07, 6.45) is 77.4. The van der Waals surface area contributed by atoms with Gasteiger partial charge in [0.05, 0.1) is 27.7 Å². The van der Waals surface area contributed by atoms with Crippen molar-refractivity contribution in [2.24, 2.45) is 0 Å². The van der Waals surface area contributed by atoms with E-state index >= 15 is 0 Å². The molecule has 9 nitrogen and oxygen atoms in total. The predicted octanol–water partition coefficient (Wildman–Crippen LogP) is 19.0. The SMILES string of the molecule is CC/C=C\C/C=C\C/C=C\C/C=C\C/C=C\CCCCCCCCCCCCCCCC(=O)OC(COC(=O)CCCCCCCCCC/C=C\C/C=C\C/C=C\CCCCCCC)COP(=O)([O-])OCC[N+](C)(C)C. The Balaban J connectivity index is 4.15. The molecule has 0 amide bonds. The molecule has 0 aromatic carbocycles. The topological polar surface area (TPSA) is 111 Å². The molecule has 0 heterocycles. The molecule has 0 N–H and O–H groups in total. The van der Waals surface area contributed by atoms with Crippen molar-refractivity contribution < 1.29 is 42.1 Å². The van der Waals surface area contributed by atoms with Crippen LogP contribution >= 0.6 is 7.82 Å². The molecule has 76 heavy (non-hydrogen) atoms. The summed E-state index contributed by atoms with van der Waals surface area (Å²) in [5, 5.41) is 0. The number of likely N-dealkylation sites (N-methyl/N-ethyl adjacent to an activating group) is 1. The van der Waals surface area contributed by atoms with Gasteiger partial charge in [0.25, 0.3) is 7.82 Å². The summed E-state index contributed by atoms with van der Waals surface area (Å²) in [7, 11) is 1.15. The number of phosphoric acid groups is 1. The average Bonchev–Trinajstić information content (AvgIpc) is 3.38. The molecule has 0 aromatic heterocycles. The van der Waals surface area contributed by atoms with Crippen molar-refractivity contribution in [1.82, 2.24) is 0 Å². The predicted molar refractivity (Wildman–Crippen MR) is 323 cm³/mol. The number of rotatable bonds is 56. The number of ether oxygens (including phenoxy) is 2. The minimum Gasteiger partial charge on any atom is -0.756 e. The first-order chi connectivity index (χ1) is 37.0. The van der Waals surface area contributed by atoms with Crippen LogP contribution in [0.3, 0.4) is 0 Å². The zero-order valence-corrected chi connectivity index (χ0v) is 50.6. The smallest absolute Gasteiger partial charge is 0.306 e. The highest BCUT2D eigenvalue weighted by molar-refractivity contribution is 7.45. The molecular weight excluding hydrogens is 966 g/mol. The van der Waals surface area contributed by atoms with Gasteiger partial charge in [-0.1, -0.05) is 246 Å². The van der Waals surface area contributed by atoms with Crippen LogP contribution in [0, 0.1) is 0 Å². The Hall–Kier alpha value is -3.07. The molecule has 2 unspecified atom stereocenters. The zero-order chi connectivity index (χ0) is 55.6. The van der Waals surface area contributed by atoms with Crippen molar-refractivity contribution in [3.05, 3.63) is 97.2 Å². The number of phosphoric ester groups is 1. The fourth-order valence-electron chi connectivity index (χ4n) is 8.34. The van der Waals surface area contributed by atoms with Crippen molar-refractivity contribution in [2.75, 3.05) is 47.5 Å². The molecule has 438 valence electrons. The maximum atomic E-state index is 12.8. The standard InChI is InChI=1S/C66H116NO8P/c1-6-8-10-12-14-16-18-20-22-24-26-28-30-31-32-33-34-35-37-39-41-43-45-47-49-51-53-55-57-59-66(69)75-64(63-74-76(70,71)73-61-60-67(3,4)5)62-72-65(68)58-56-54-52-50-48-46-44-42-40-38-36-29-27-25-23-21-19-17-15-13-11-9-7-2/h8,10,14,16,19-22,25-28,31-32,36,38,64H,6-7,9,11-13,15,17-18,23-24,29-30,33-35,37,39-63H2,1-5H3/b10-8-,16-14-,21-19-,22-20-,27-25-,28-26-,32-31-,38-36-. The van der Waals surface area contributed by atoms with E-state index in [2.05, 4.69) is 111 Å². The number of quaternary nitrogens is 1. The van der Waals surface area contributed by atoms with Gasteiger partial charge < -0.3 is 27.9 Å². The molecule has 0 bridgehead atoms. The highest BCUT2D eigenvalue weighted by Gasteiger charge is 2.22. The summed E-state index contributed by atoms with van der Waals surface area (Å²) in [5.74, 6) is -0.842. The lowest BCUT2D eigenvalue weighted by Crippen LogP contribution is -2.37. The molecule has 0 aliphatic heterocycles. The molecule has 0 rings (SSSR count). The number of esters is 2. The van der Waals surface area contributed by atoms with Crippen molar-refractivity contribution >= 4 is 19.8 Å². The quantitative estimate of drug-likeness (QED) is 0.0195. The highest BCUT2D eigenvalue weighted by Crippen LogP contribution is 2.38. The van der Waals surface area contributed by atoms with Crippen LogP contribution in [0.15, 0.2) is 97.2 Å². The van der Waals surface area contributed by atoms with Gasteiger partial charge in [-0.25, -0.2) is 0 Å². The number of nitrogens with zero attached hydrogens (tertiary/aromatic N) is 1. The molecule has 0 saturated heterocycles. The number of carbonyl (C=O) groups excluding carboxylic acids is 2. The lowest BCUT2D eigenvalue weighted by Gasteiger charge is -2.28. The number of allylic oxidation sites excluding steroid dienone is 16. The maximum Gasteiger partial charge on any atom is 0.306 e. The Morgan fingerprint density at radius 2 is 0.750 bits per heavy atom. The first-order valence-corrected chi connectivity index (χ1v) is 32.4. The molecule has 10 heteroatoms. The van der Waals surface area contributed by atoms with E-state index in [4.69, 9.17) is 18.5 Å². The van der Waals surface area contributed by atoms with Crippen molar-refractivity contribution in [3.8, 4) is 0 Å². The lowest BCUT2D eigenvalue weighted by molar-refractivity contribution is -0.870. The van der Waals surface area contributed by atoms with Crippen LogP contribution in [0.4, 0.5) is 0 Å². The van der Waals surface area contributed by atoms with Gasteiger partial charge in [-0.2, -0.15) is 0 Å². The summed E-state index contributed by atoms with van der Waals surface area (Å²) in [6, 6.07) is 0. The average molecular weight is 1080 g/mol. The molecule has 0 aromatic rings. The Labute approximate surface area is 468 Å². The number of unbranched alkanes of at least 4 members (excludes halogenated alkanes) is 26. The molecule has 2 atom stereocenters. The van der Waals surface area contributed by atoms with E-state index in [0.29, 0.717) is 17.4 Å². The van der Waals surface area contributed by atoms with E-state index in [1.54, 1.807) is 0 Å². The Bertz CT molecular complexity index is 1600. The van der Waals surface area contributed by atoms with E-state index in [0.717, 1.165) is 96.3 Å². The fourth-order valence-corrected chi connectivity index (χ4v) is 9.07. The second-order valence-corrected chi connectivity index (χ2v) is 23.1. The third-order valence-electron chi connectivity index (χ3n) is 13.1. The largest absolute Gasteiger partial charge is 0.756 e. The third-order valence-corrected chi connectivity index (χ3v) is 14.1. The van der Waals surface area contributed by atoms with Crippen LogP contribution in [0.2, 0.25) is 0 Å². The van der Waals surface area contributed by atoms with E-state index in [1.807, 2.05) is 21.1 Å². The molecule has 0 saturated carbocycles. The zero-order valence-electron chi connectivity index (χ0n) is 49.7. The van der Waals surface area contributed by atoms with Crippen molar-refractivity contribution in [2.45, 2.75) is 264 Å². The van der Waals surface area contributed by atoms with E-state index in [-0.39, 0.29) is 26.1 Å². The summed E-state index contributed by atoms with van der Waals surface area (Å²) in [5.41, 5.74) is 0.